The number of nitriles is 1. The average Bonchev–Trinajstić information content (AvgIpc) is 3.17. The van der Waals surface area contributed by atoms with E-state index in [0.717, 1.165) is 33.2 Å². The summed E-state index contributed by atoms with van der Waals surface area (Å²) in [6.07, 6.45) is 0. The van der Waals surface area contributed by atoms with Crippen molar-refractivity contribution in [1.82, 2.24) is 10.2 Å². The molecule has 146 valence electrons. The molecular formula is C25H20N4O. The Labute approximate surface area is 174 Å². The highest BCUT2D eigenvalue weighted by atomic mass is 16.5. The lowest BCUT2D eigenvalue weighted by molar-refractivity contribution is 0.379. The van der Waals surface area contributed by atoms with E-state index in [-0.39, 0.29) is 11.8 Å². The number of rotatable bonds is 2. The molecular weight excluding hydrogens is 372 g/mol. The molecule has 0 radical (unpaired) electrons. The second-order valence-electron chi connectivity index (χ2n) is 7.65. The second kappa shape index (κ2) is 6.78. The van der Waals surface area contributed by atoms with Crippen LogP contribution in [-0.2, 0) is 0 Å². The van der Waals surface area contributed by atoms with E-state index < -0.39 is 0 Å². The molecule has 1 aliphatic heterocycles. The van der Waals surface area contributed by atoms with E-state index in [0.29, 0.717) is 11.5 Å². The number of allylic oxidation sites excluding steroid dienone is 1. The van der Waals surface area contributed by atoms with Crippen LogP contribution in [0.3, 0.4) is 0 Å². The number of fused-ring (bicyclic) bond motifs is 2. The summed E-state index contributed by atoms with van der Waals surface area (Å²) < 4.78 is 5.72. The van der Waals surface area contributed by atoms with E-state index in [2.05, 4.69) is 72.6 Å². The van der Waals surface area contributed by atoms with Gasteiger partial charge in [-0.3, -0.25) is 5.10 Å². The van der Waals surface area contributed by atoms with E-state index in [1.807, 2.05) is 18.2 Å². The fourth-order valence-electron chi connectivity index (χ4n) is 4.08. The summed E-state index contributed by atoms with van der Waals surface area (Å²) in [6.45, 7) is 4.16. The Morgan fingerprint density at radius 3 is 2.57 bits per heavy atom. The van der Waals surface area contributed by atoms with Gasteiger partial charge in [0.05, 0.1) is 17.2 Å². The number of hydrogen-bond acceptors (Lipinski definition) is 4. The summed E-state index contributed by atoms with van der Waals surface area (Å²) in [5, 5.41) is 19.6. The molecule has 0 aliphatic carbocycles. The third-order valence-corrected chi connectivity index (χ3v) is 5.84. The van der Waals surface area contributed by atoms with Gasteiger partial charge < -0.3 is 10.5 Å². The van der Waals surface area contributed by atoms with E-state index in [1.54, 1.807) is 0 Å². The molecule has 3 N–H and O–H groups in total. The van der Waals surface area contributed by atoms with Crippen LogP contribution in [0.2, 0.25) is 0 Å². The topological polar surface area (TPSA) is 87.7 Å². The Bertz CT molecular complexity index is 1370. The predicted molar refractivity (Wildman–Crippen MR) is 117 cm³/mol. The first-order valence-electron chi connectivity index (χ1n) is 9.79. The minimum absolute atomic E-state index is 0.0984. The minimum Gasteiger partial charge on any atom is -0.420 e. The van der Waals surface area contributed by atoms with Crippen LogP contribution >= 0.6 is 0 Å². The van der Waals surface area contributed by atoms with Crippen LogP contribution in [0.25, 0.3) is 22.0 Å². The first-order chi connectivity index (χ1) is 14.6. The lowest BCUT2D eigenvalue weighted by Gasteiger charge is -2.24. The number of ether oxygens (including phenoxy) is 1. The molecule has 30 heavy (non-hydrogen) atoms. The highest BCUT2D eigenvalue weighted by Gasteiger charge is 2.35. The van der Waals surface area contributed by atoms with Crippen LogP contribution < -0.4 is 10.5 Å². The van der Waals surface area contributed by atoms with Gasteiger partial charge in [-0.05, 0) is 47.4 Å². The van der Waals surface area contributed by atoms with Crippen molar-refractivity contribution in [3.8, 4) is 23.2 Å². The summed E-state index contributed by atoms with van der Waals surface area (Å²) >= 11 is 0. The number of nitrogens with one attached hydrogen (secondary N) is 1. The zero-order valence-corrected chi connectivity index (χ0v) is 16.7. The molecule has 0 spiro atoms. The number of nitrogens with zero attached hydrogens (tertiary/aromatic N) is 2. The van der Waals surface area contributed by atoms with Crippen LogP contribution in [0, 0.1) is 25.2 Å². The summed E-state index contributed by atoms with van der Waals surface area (Å²) in [4.78, 5) is 0. The first-order valence-corrected chi connectivity index (χ1v) is 9.79. The van der Waals surface area contributed by atoms with Crippen molar-refractivity contribution in [1.29, 1.82) is 5.26 Å². The molecule has 5 heteroatoms. The fourth-order valence-corrected chi connectivity index (χ4v) is 4.08. The summed E-state index contributed by atoms with van der Waals surface area (Å²) in [5.74, 6) is 0.151. The molecule has 1 aromatic heterocycles. The van der Waals surface area contributed by atoms with Crippen LogP contribution in [-0.4, -0.2) is 10.2 Å². The van der Waals surface area contributed by atoms with Gasteiger partial charge in [-0.15, -0.1) is 5.10 Å². The van der Waals surface area contributed by atoms with Gasteiger partial charge in [0.25, 0.3) is 0 Å². The van der Waals surface area contributed by atoms with E-state index in [1.165, 1.54) is 11.1 Å². The maximum absolute atomic E-state index is 9.91. The number of aromatic amines is 1. The quantitative estimate of drug-likeness (QED) is 0.499. The molecule has 0 bridgehead atoms. The van der Waals surface area contributed by atoms with Crippen LogP contribution in [0.5, 0.6) is 5.88 Å². The molecule has 3 aromatic carbocycles. The van der Waals surface area contributed by atoms with Crippen molar-refractivity contribution in [2.45, 2.75) is 19.8 Å². The van der Waals surface area contributed by atoms with Gasteiger partial charge in [-0.2, -0.15) is 5.26 Å². The Morgan fingerprint density at radius 2 is 1.80 bits per heavy atom. The summed E-state index contributed by atoms with van der Waals surface area (Å²) in [7, 11) is 0. The summed E-state index contributed by atoms with van der Waals surface area (Å²) in [6, 6.07) is 22.9. The molecule has 5 rings (SSSR count). The zero-order valence-electron chi connectivity index (χ0n) is 16.7. The van der Waals surface area contributed by atoms with Gasteiger partial charge in [0.15, 0.2) is 0 Å². The molecule has 1 aliphatic rings. The van der Waals surface area contributed by atoms with Crippen LogP contribution in [0.4, 0.5) is 0 Å². The second-order valence-corrected chi connectivity index (χ2v) is 7.65. The number of aromatic nitrogens is 2. The van der Waals surface area contributed by atoms with Gasteiger partial charge >= 0.3 is 0 Å². The number of hydrogen-bond donors (Lipinski definition) is 2. The molecule has 0 saturated carbocycles. The normalized spacial score (nSPS) is 15.6. The maximum Gasteiger partial charge on any atom is 0.244 e. The predicted octanol–water partition coefficient (Wildman–Crippen LogP) is 5.06. The minimum atomic E-state index is -0.362. The monoisotopic (exact) mass is 392 g/mol. The smallest absolute Gasteiger partial charge is 0.244 e. The average molecular weight is 392 g/mol. The number of aryl methyl sites for hydroxylation is 2. The molecule has 0 unspecified atom stereocenters. The van der Waals surface area contributed by atoms with Crippen molar-refractivity contribution < 1.29 is 4.74 Å². The van der Waals surface area contributed by atoms with E-state index >= 15 is 0 Å². The number of benzene rings is 3. The molecule has 1 atom stereocenters. The van der Waals surface area contributed by atoms with Gasteiger partial charge in [-0.1, -0.05) is 54.6 Å². The van der Waals surface area contributed by atoms with Crippen molar-refractivity contribution in [2.75, 3.05) is 0 Å². The van der Waals surface area contributed by atoms with Crippen LogP contribution in [0.15, 0.2) is 72.1 Å². The molecule has 0 saturated heterocycles. The Morgan fingerprint density at radius 1 is 1.00 bits per heavy atom. The molecule has 0 amide bonds. The summed E-state index contributed by atoms with van der Waals surface area (Å²) in [5.41, 5.74) is 12.6. The van der Waals surface area contributed by atoms with Gasteiger partial charge in [0, 0.05) is 5.56 Å². The van der Waals surface area contributed by atoms with Crippen molar-refractivity contribution in [3.05, 3.63) is 94.4 Å². The molecule has 2 heterocycles. The fraction of sp³-hybridized carbons (Fsp3) is 0.120. The van der Waals surface area contributed by atoms with Gasteiger partial charge in [0.2, 0.25) is 11.8 Å². The Balaban J connectivity index is 1.75. The maximum atomic E-state index is 9.91. The van der Waals surface area contributed by atoms with Crippen molar-refractivity contribution >= 4 is 10.8 Å². The third kappa shape index (κ3) is 2.73. The standard InChI is InChI=1S/C25H20N4O/c1-14-7-8-19(11-15(14)2)23-22-21(20(13-26)24(27)30-25(22)29-28-23)18-10-9-16-5-3-4-6-17(16)12-18/h3-12,21H,27H2,1-2H3,(H,28,29)/t21-/m0/s1. The van der Waals surface area contributed by atoms with Gasteiger partial charge in [-0.25, -0.2) is 0 Å². The Kier molecular flexibility index (Phi) is 4.07. The molecule has 5 nitrogen and oxygen atoms in total. The highest BCUT2D eigenvalue weighted by Crippen LogP contribution is 2.46. The Hall–Kier alpha value is -4.04. The molecule has 0 fully saturated rings. The van der Waals surface area contributed by atoms with Crippen LogP contribution in [0.1, 0.15) is 28.2 Å². The highest BCUT2D eigenvalue weighted by molar-refractivity contribution is 5.84. The largest absolute Gasteiger partial charge is 0.420 e. The third-order valence-electron chi connectivity index (χ3n) is 5.84. The van der Waals surface area contributed by atoms with Crippen molar-refractivity contribution in [3.63, 3.8) is 0 Å². The lowest BCUT2D eigenvalue weighted by Crippen LogP contribution is -2.21. The van der Waals surface area contributed by atoms with E-state index in [4.69, 9.17) is 10.5 Å². The van der Waals surface area contributed by atoms with Gasteiger partial charge in [0.1, 0.15) is 11.6 Å². The number of H-pyrrole nitrogens is 1. The number of nitrogens with two attached hydrogens (primary N) is 1. The lowest BCUT2D eigenvalue weighted by atomic mass is 9.82. The SMILES string of the molecule is Cc1ccc(-c2[nH]nc3c2[C@@H](c2ccc4ccccc4c2)C(C#N)=C(N)O3)cc1C. The van der Waals surface area contributed by atoms with E-state index in [9.17, 15) is 5.26 Å². The van der Waals surface area contributed by atoms with Crippen molar-refractivity contribution in [2.24, 2.45) is 5.73 Å². The first kappa shape index (κ1) is 18.0. The molecule has 4 aromatic rings. The zero-order chi connectivity index (χ0) is 20.8.